The van der Waals surface area contributed by atoms with Gasteiger partial charge in [-0.2, -0.15) is 0 Å². The Morgan fingerprint density at radius 1 is 0.737 bits per heavy atom. The van der Waals surface area contributed by atoms with Crippen molar-refractivity contribution in [2.75, 3.05) is 0 Å². The predicted octanol–water partition coefficient (Wildman–Crippen LogP) is 6.15. The van der Waals surface area contributed by atoms with Crippen LogP contribution in [0, 0.1) is 0 Å². The predicted molar refractivity (Wildman–Crippen MR) is 88.4 cm³/mol. The van der Waals surface area contributed by atoms with Crippen molar-refractivity contribution in [3.8, 4) is 0 Å². The molecule has 2 rings (SSSR count). The summed E-state index contributed by atoms with van der Waals surface area (Å²) >= 11 is 0. The van der Waals surface area contributed by atoms with Gasteiger partial charge in [-0.05, 0) is 30.2 Å². The second-order valence-corrected chi connectivity index (χ2v) is 7.55. The van der Waals surface area contributed by atoms with Gasteiger partial charge >= 0.3 is 0 Å². The molecule has 0 N–H and O–H groups in total. The van der Waals surface area contributed by atoms with Gasteiger partial charge in [0.2, 0.25) is 0 Å². The summed E-state index contributed by atoms with van der Waals surface area (Å²) in [5.74, 6) is 0. The standard InChI is InChI=1S/C18H29P/c1-2-4-6-11-15-18(14-10-5-3-1)19-16-17-12-8-7-9-13-17/h7-9,12-13,18-19H,1-6,10-11,14-16H2. The van der Waals surface area contributed by atoms with E-state index >= 15 is 0 Å². The highest BCUT2D eigenvalue weighted by molar-refractivity contribution is 7.38. The molecule has 1 aliphatic carbocycles. The summed E-state index contributed by atoms with van der Waals surface area (Å²) in [5.41, 5.74) is 2.55. The molecule has 0 saturated heterocycles. The van der Waals surface area contributed by atoms with Gasteiger partial charge in [-0.1, -0.05) is 81.7 Å². The fraction of sp³-hybridized carbons (Fsp3) is 0.667. The van der Waals surface area contributed by atoms with Crippen LogP contribution in [0.3, 0.4) is 0 Å². The van der Waals surface area contributed by atoms with Crippen molar-refractivity contribution in [3.05, 3.63) is 35.9 Å². The van der Waals surface area contributed by atoms with Crippen molar-refractivity contribution in [3.63, 3.8) is 0 Å². The van der Waals surface area contributed by atoms with E-state index in [1.165, 1.54) is 75.9 Å². The molecule has 0 heterocycles. The molecule has 1 unspecified atom stereocenters. The highest BCUT2D eigenvalue weighted by Crippen LogP contribution is 2.33. The zero-order valence-electron chi connectivity index (χ0n) is 12.2. The normalized spacial score (nSPS) is 20.4. The lowest BCUT2D eigenvalue weighted by molar-refractivity contribution is 0.585. The van der Waals surface area contributed by atoms with Gasteiger partial charge in [-0.3, -0.25) is 0 Å². The zero-order chi connectivity index (χ0) is 13.2. The molecule has 1 aliphatic rings. The van der Waals surface area contributed by atoms with E-state index in [1.807, 2.05) is 0 Å². The summed E-state index contributed by atoms with van der Waals surface area (Å²) in [6, 6.07) is 11.1. The van der Waals surface area contributed by atoms with E-state index in [1.54, 1.807) is 0 Å². The molecular formula is C18H29P. The highest BCUT2D eigenvalue weighted by Gasteiger charge is 2.09. The average molecular weight is 276 g/mol. The van der Waals surface area contributed by atoms with E-state index in [2.05, 4.69) is 30.3 Å². The lowest BCUT2D eigenvalue weighted by Crippen LogP contribution is -2.01. The van der Waals surface area contributed by atoms with Crippen molar-refractivity contribution >= 4 is 8.58 Å². The van der Waals surface area contributed by atoms with Crippen LogP contribution in [0.5, 0.6) is 0 Å². The van der Waals surface area contributed by atoms with Crippen LogP contribution in [0.4, 0.5) is 0 Å². The zero-order valence-corrected chi connectivity index (χ0v) is 13.2. The summed E-state index contributed by atoms with van der Waals surface area (Å²) in [4.78, 5) is 0. The molecular weight excluding hydrogens is 247 g/mol. The Hall–Kier alpha value is -0.350. The van der Waals surface area contributed by atoms with Crippen LogP contribution in [0.2, 0.25) is 0 Å². The Morgan fingerprint density at radius 3 is 1.84 bits per heavy atom. The molecule has 0 bridgehead atoms. The number of hydrogen-bond donors (Lipinski definition) is 0. The van der Waals surface area contributed by atoms with Crippen LogP contribution in [0.15, 0.2) is 30.3 Å². The molecule has 1 aromatic carbocycles. The molecule has 0 amide bonds. The van der Waals surface area contributed by atoms with Gasteiger partial charge < -0.3 is 0 Å². The van der Waals surface area contributed by atoms with Crippen molar-refractivity contribution in [1.82, 2.24) is 0 Å². The van der Waals surface area contributed by atoms with Gasteiger partial charge in [0.15, 0.2) is 0 Å². The molecule has 1 aromatic rings. The maximum absolute atomic E-state index is 2.29. The van der Waals surface area contributed by atoms with Gasteiger partial charge in [-0.15, -0.1) is 8.58 Å². The number of hydrogen-bond acceptors (Lipinski definition) is 0. The quantitative estimate of drug-likeness (QED) is 0.581. The van der Waals surface area contributed by atoms with Crippen LogP contribution in [0.1, 0.15) is 69.8 Å². The summed E-state index contributed by atoms with van der Waals surface area (Å²) < 4.78 is 0. The minimum atomic E-state index is 1.01. The van der Waals surface area contributed by atoms with Crippen molar-refractivity contribution in [2.24, 2.45) is 0 Å². The summed E-state index contributed by atoms with van der Waals surface area (Å²) in [6.45, 7) is 0. The topological polar surface area (TPSA) is 0 Å². The smallest absolute Gasteiger partial charge is 0.00981 e. The Balaban J connectivity index is 1.75. The Labute approximate surface area is 121 Å². The van der Waals surface area contributed by atoms with E-state index < -0.39 is 0 Å². The molecule has 1 saturated carbocycles. The first-order chi connectivity index (χ1) is 9.45. The maximum atomic E-state index is 2.29. The third-order valence-electron chi connectivity index (χ3n) is 4.29. The van der Waals surface area contributed by atoms with Crippen LogP contribution in [-0.2, 0) is 6.16 Å². The number of benzene rings is 1. The fourth-order valence-electron chi connectivity index (χ4n) is 3.05. The van der Waals surface area contributed by atoms with Gasteiger partial charge in [0, 0.05) is 0 Å². The van der Waals surface area contributed by atoms with E-state index in [-0.39, 0.29) is 0 Å². The summed E-state index contributed by atoms with van der Waals surface area (Å²) in [5, 5.41) is 0. The highest BCUT2D eigenvalue weighted by atomic mass is 31.1. The molecule has 1 fully saturated rings. The summed E-state index contributed by atoms with van der Waals surface area (Å²) in [6.07, 6.45) is 16.1. The van der Waals surface area contributed by atoms with Crippen LogP contribution in [0.25, 0.3) is 0 Å². The van der Waals surface area contributed by atoms with E-state index in [4.69, 9.17) is 0 Å². The SMILES string of the molecule is c1ccc(CPC2CCCCCCCCCC2)cc1. The Morgan fingerprint density at radius 2 is 1.26 bits per heavy atom. The van der Waals surface area contributed by atoms with Crippen LogP contribution >= 0.6 is 8.58 Å². The van der Waals surface area contributed by atoms with Crippen molar-refractivity contribution in [1.29, 1.82) is 0 Å². The largest absolute Gasteiger partial charge is 0.114 e. The van der Waals surface area contributed by atoms with Gasteiger partial charge in [0.05, 0.1) is 0 Å². The molecule has 106 valence electrons. The van der Waals surface area contributed by atoms with Crippen LogP contribution < -0.4 is 0 Å². The molecule has 0 aliphatic heterocycles. The third-order valence-corrected chi connectivity index (χ3v) is 6.06. The lowest BCUT2D eigenvalue weighted by atomic mass is 10.1. The first-order valence-electron chi connectivity index (χ1n) is 8.22. The maximum Gasteiger partial charge on any atom is -0.00981 e. The summed E-state index contributed by atoms with van der Waals surface area (Å²) in [7, 11) is 1.14. The van der Waals surface area contributed by atoms with Crippen molar-refractivity contribution < 1.29 is 0 Å². The Bertz CT molecular complexity index is 308. The minimum absolute atomic E-state index is 1.01. The lowest BCUT2D eigenvalue weighted by Gasteiger charge is -2.16. The second-order valence-electron chi connectivity index (χ2n) is 5.97. The fourth-order valence-corrected chi connectivity index (χ4v) is 4.63. The first kappa shape index (κ1) is 15.0. The monoisotopic (exact) mass is 276 g/mol. The molecule has 0 nitrogen and oxygen atoms in total. The average Bonchev–Trinajstić information content (AvgIpc) is 2.52. The van der Waals surface area contributed by atoms with Crippen molar-refractivity contribution in [2.45, 2.75) is 76.0 Å². The molecule has 1 heteroatoms. The van der Waals surface area contributed by atoms with Gasteiger partial charge in [0.1, 0.15) is 0 Å². The minimum Gasteiger partial charge on any atom is -0.114 e. The molecule has 0 radical (unpaired) electrons. The van der Waals surface area contributed by atoms with E-state index in [9.17, 15) is 0 Å². The first-order valence-corrected chi connectivity index (χ1v) is 9.51. The number of rotatable bonds is 3. The second kappa shape index (κ2) is 9.54. The molecule has 19 heavy (non-hydrogen) atoms. The van der Waals surface area contributed by atoms with Gasteiger partial charge in [0.25, 0.3) is 0 Å². The molecule has 0 spiro atoms. The third kappa shape index (κ3) is 6.57. The Kier molecular flexibility index (Phi) is 7.55. The van der Waals surface area contributed by atoms with Gasteiger partial charge in [-0.25, -0.2) is 0 Å². The van der Waals surface area contributed by atoms with E-state index in [0.29, 0.717) is 0 Å². The van der Waals surface area contributed by atoms with E-state index in [0.717, 1.165) is 14.2 Å². The molecule has 0 aromatic heterocycles. The van der Waals surface area contributed by atoms with Crippen LogP contribution in [-0.4, -0.2) is 5.66 Å². The molecule has 1 atom stereocenters.